The average Bonchev–Trinajstić information content (AvgIpc) is 2.35. The van der Waals surface area contributed by atoms with E-state index in [0.29, 0.717) is 0 Å². The first-order chi connectivity index (χ1) is 8.41. The van der Waals surface area contributed by atoms with Crippen molar-refractivity contribution >= 4 is 0 Å². The second kappa shape index (κ2) is 20.9. The minimum atomic E-state index is 0. The van der Waals surface area contributed by atoms with Crippen LogP contribution in [0.5, 0.6) is 0 Å². The third-order valence-corrected chi connectivity index (χ3v) is 3.34. The first-order valence-corrected chi connectivity index (χ1v) is 8.05. The zero-order valence-electron chi connectivity index (χ0n) is 13.3. The van der Waals surface area contributed by atoms with Crippen LogP contribution in [0.25, 0.3) is 5.32 Å². The van der Waals surface area contributed by atoms with Crippen LogP contribution < -0.4 is 51.4 Å². The molecule has 0 aromatic heterocycles. The fourth-order valence-corrected chi connectivity index (χ4v) is 2.12. The molecule has 18 heavy (non-hydrogen) atoms. The molecule has 0 unspecified atom stereocenters. The molecular weight excluding hydrogens is 245 g/mol. The van der Waals surface area contributed by atoms with Crippen LogP contribution in [-0.2, 0) is 0 Å². The van der Waals surface area contributed by atoms with Crippen LogP contribution in [0, 0.1) is 0 Å². The Morgan fingerprint density at radius 1 is 0.500 bits per heavy atom. The minimum absolute atomic E-state index is 0. The number of hydrogen-bond donors (Lipinski definition) is 0. The normalized spacial score (nSPS) is 10.3. The van der Waals surface area contributed by atoms with E-state index in [2.05, 4.69) is 19.2 Å². The Kier molecular flexibility index (Phi) is 25.4. The van der Waals surface area contributed by atoms with Crippen LogP contribution in [-0.4, -0.2) is 13.1 Å². The molecule has 0 N–H and O–H groups in total. The number of nitrogens with zero attached hydrogens (tertiary/aromatic N) is 1. The van der Waals surface area contributed by atoms with E-state index in [-0.39, 0.29) is 51.4 Å². The Morgan fingerprint density at radius 3 is 1.22 bits per heavy atom. The third kappa shape index (κ3) is 19.9. The summed E-state index contributed by atoms with van der Waals surface area (Å²) in [6.07, 6.45) is 16.6. The van der Waals surface area contributed by atoms with Crippen molar-refractivity contribution in [3.8, 4) is 0 Å². The molecule has 0 fully saturated rings. The fourth-order valence-electron chi connectivity index (χ4n) is 2.12. The number of rotatable bonds is 14. The molecule has 0 aliphatic rings. The molecule has 0 bridgehead atoms. The average molecular weight is 280 g/mol. The van der Waals surface area contributed by atoms with E-state index in [9.17, 15) is 0 Å². The van der Waals surface area contributed by atoms with E-state index in [4.69, 9.17) is 0 Å². The summed E-state index contributed by atoms with van der Waals surface area (Å²) in [5.41, 5.74) is 0. The van der Waals surface area contributed by atoms with Gasteiger partial charge in [0.25, 0.3) is 0 Å². The number of unbranched alkanes of at least 4 members (excludes halogenated alkanes) is 10. The Hall–Kier alpha value is 1.60. The van der Waals surface area contributed by atoms with Crippen LogP contribution >= 0.6 is 0 Å². The molecular formula is C16H34KN. The molecule has 0 heterocycles. The molecule has 0 aliphatic heterocycles. The maximum Gasteiger partial charge on any atom is 1.00 e. The monoisotopic (exact) mass is 279 g/mol. The summed E-state index contributed by atoms with van der Waals surface area (Å²) >= 11 is 0. The van der Waals surface area contributed by atoms with Crippen molar-refractivity contribution in [2.45, 2.75) is 90.9 Å². The van der Waals surface area contributed by atoms with Crippen LogP contribution in [0.1, 0.15) is 90.9 Å². The second-order valence-corrected chi connectivity index (χ2v) is 5.21. The van der Waals surface area contributed by atoms with Crippen molar-refractivity contribution in [2.75, 3.05) is 13.1 Å². The van der Waals surface area contributed by atoms with Gasteiger partial charge in [-0.05, 0) is 0 Å². The van der Waals surface area contributed by atoms with Crippen LogP contribution in [0.2, 0.25) is 0 Å². The first kappa shape index (κ1) is 21.9. The minimum Gasteiger partial charge on any atom is -0.662 e. The Labute approximate surface area is 159 Å². The van der Waals surface area contributed by atoms with Crippen LogP contribution in [0.3, 0.4) is 0 Å². The smallest absolute Gasteiger partial charge is 0.662 e. The van der Waals surface area contributed by atoms with Gasteiger partial charge >= 0.3 is 51.4 Å². The third-order valence-electron chi connectivity index (χ3n) is 3.34. The summed E-state index contributed by atoms with van der Waals surface area (Å²) in [5.74, 6) is 0. The predicted octanol–water partition coefficient (Wildman–Crippen LogP) is 3.09. The zero-order chi connectivity index (χ0) is 12.6. The van der Waals surface area contributed by atoms with Crippen molar-refractivity contribution in [1.29, 1.82) is 0 Å². The molecule has 2 heteroatoms. The quantitative estimate of drug-likeness (QED) is 0.343. The SMILES string of the molecule is CCCCCCCC[N-]CCCCCCCC.[K+]. The van der Waals surface area contributed by atoms with Gasteiger partial charge in [0.15, 0.2) is 0 Å². The van der Waals surface area contributed by atoms with Gasteiger partial charge in [0.1, 0.15) is 0 Å². The molecule has 0 rings (SSSR count). The van der Waals surface area contributed by atoms with Gasteiger partial charge in [0.2, 0.25) is 0 Å². The summed E-state index contributed by atoms with van der Waals surface area (Å²) in [6, 6.07) is 0. The maximum atomic E-state index is 4.61. The molecule has 0 radical (unpaired) electrons. The molecule has 0 spiro atoms. The maximum absolute atomic E-state index is 4.61. The molecule has 1 nitrogen and oxygen atoms in total. The van der Waals surface area contributed by atoms with Gasteiger partial charge in [0.05, 0.1) is 0 Å². The van der Waals surface area contributed by atoms with Crippen molar-refractivity contribution in [1.82, 2.24) is 0 Å². The van der Waals surface area contributed by atoms with Crippen LogP contribution in [0.15, 0.2) is 0 Å². The van der Waals surface area contributed by atoms with Gasteiger partial charge < -0.3 is 5.32 Å². The summed E-state index contributed by atoms with van der Waals surface area (Å²) in [5, 5.41) is 4.61. The molecule has 0 amide bonds. The zero-order valence-corrected chi connectivity index (χ0v) is 16.5. The van der Waals surface area contributed by atoms with E-state index in [1.54, 1.807) is 0 Å². The van der Waals surface area contributed by atoms with Gasteiger partial charge in [-0.15, -0.1) is 13.1 Å². The first-order valence-electron chi connectivity index (χ1n) is 8.05. The van der Waals surface area contributed by atoms with E-state index in [1.165, 1.54) is 77.0 Å². The van der Waals surface area contributed by atoms with Gasteiger partial charge in [-0.1, -0.05) is 90.9 Å². The van der Waals surface area contributed by atoms with Gasteiger partial charge in [-0.3, -0.25) is 0 Å². The van der Waals surface area contributed by atoms with Crippen molar-refractivity contribution in [2.24, 2.45) is 0 Å². The Morgan fingerprint density at radius 2 is 0.833 bits per heavy atom. The Balaban J connectivity index is 0. The summed E-state index contributed by atoms with van der Waals surface area (Å²) in [7, 11) is 0. The molecule has 0 saturated heterocycles. The van der Waals surface area contributed by atoms with Gasteiger partial charge in [-0.2, -0.15) is 0 Å². The fraction of sp³-hybridized carbons (Fsp3) is 1.00. The molecule has 0 aliphatic carbocycles. The molecule has 0 saturated carbocycles. The largest absolute Gasteiger partial charge is 1.00 e. The van der Waals surface area contributed by atoms with Crippen LogP contribution in [0.4, 0.5) is 0 Å². The summed E-state index contributed by atoms with van der Waals surface area (Å²) in [6.45, 7) is 6.77. The Bertz CT molecular complexity index is 114. The van der Waals surface area contributed by atoms with Crippen molar-refractivity contribution in [3.05, 3.63) is 5.32 Å². The molecule has 0 aromatic carbocycles. The van der Waals surface area contributed by atoms with E-state index in [0.717, 1.165) is 13.1 Å². The molecule has 0 atom stereocenters. The summed E-state index contributed by atoms with van der Waals surface area (Å²) in [4.78, 5) is 0. The topological polar surface area (TPSA) is 14.1 Å². The predicted molar refractivity (Wildman–Crippen MR) is 79.8 cm³/mol. The van der Waals surface area contributed by atoms with Crippen molar-refractivity contribution in [3.63, 3.8) is 0 Å². The van der Waals surface area contributed by atoms with Gasteiger partial charge in [0, 0.05) is 0 Å². The molecule has 104 valence electrons. The molecule has 0 aromatic rings. The van der Waals surface area contributed by atoms with E-state index < -0.39 is 0 Å². The van der Waals surface area contributed by atoms with E-state index in [1.807, 2.05) is 0 Å². The van der Waals surface area contributed by atoms with E-state index >= 15 is 0 Å². The standard InChI is InChI=1S/C16H34N.K/c1-3-5-7-9-11-13-15-17-16-14-12-10-8-6-4-2;/h3-16H2,1-2H3;/q-1;+1. The van der Waals surface area contributed by atoms with Gasteiger partial charge in [-0.25, -0.2) is 0 Å². The number of hydrogen-bond acceptors (Lipinski definition) is 0. The van der Waals surface area contributed by atoms with Crippen molar-refractivity contribution < 1.29 is 51.4 Å². The summed E-state index contributed by atoms with van der Waals surface area (Å²) < 4.78 is 0. The second-order valence-electron chi connectivity index (χ2n) is 5.21.